The molecule has 1 aliphatic heterocycles. The summed E-state index contributed by atoms with van der Waals surface area (Å²) in [5, 5.41) is 9.42. The van der Waals surface area contributed by atoms with Crippen LogP contribution in [0.1, 0.15) is 195 Å². The molecule has 5 rings (SSSR count). The van der Waals surface area contributed by atoms with Crippen molar-refractivity contribution < 1.29 is 23.9 Å². The molecule has 0 aromatic rings. The Morgan fingerprint density at radius 3 is 2.18 bits per heavy atom. The van der Waals surface area contributed by atoms with Gasteiger partial charge in [0.05, 0.1) is 7.11 Å². The van der Waals surface area contributed by atoms with Gasteiger partial charge in [-0.2, -0.15) is 0 Å². The first-order valence-corrected chi connectivity index (χ1v) is 24.3. The van der Waals surface area contributed by atoms with Crippen LogP contribution in [-0.4, -0.2) is 56.4 Å². The fraction of sp³-hybridized carbons (Fsp3) is 0.898. The molecule has 0 radical (unpaired) electrons. The van der Waals surface area contributed by atoms with Gasteiger partial charge in [0.25, 0.3) is 0 Å². The highest BCUT2D eigenvalue weighted by Gasteiger charge is 2.60. The van der Waals surface area contributed by atoms with Crippen LogP contribution in [0.5, 0.6) is 0 Å². The quantitative estimate of drug-likeness (QED) is 0.0540. The first-order valence-electron chi connectivity index (χ1n) is 24.3. The Bertz CT molecular complexity index is 1270. The van der Waals surface area contributed by atoms with E-state index >= 15 is 0 Å². The van der Waals surface area contributed by atoms with E-state index in [0.717, 1.165) is 50.0 Å². The molecular formula is C49H85N3O5. The summed E-state index contributed by atoms with van der Waals surface area (Å²) in [5.74, 6) is 4.09. The van der Waals surface area contributed by atoms with Crippen LogP contribution in [0, 0.1) is 46.3 Å². The standard InChI is InChI=1S/C49H85N3O5/c1-6-7-8-9-10-11-12-13-14-15-16-17-18-19-20-21-32-50-47(55)57-39-28-30-48(3)37(33-39)23-24-40-42-26-25-41(49(42,4)31-29-43(40)48)36(2)22-27-45(53)52-38-34-44(51-35-38)46(54)56-5/h13-14,36-44,51H,6-12,15-35H2,1-5H3,(H,50,55)(H,52,53)/b14-13-/t36-,37?,38+,39-,40?,41-,42?,43?,44+,48+,49-/m1/s1. The number of allylic oxidation sites excluding steroid dienone is 2. The fourth-order valence-corrected chi connectivity index (χ4v) is 13.1. The molecule has 3 N–H and O–H groups in total. The van der Waals surface area contributed by atoms with E-state index in [1.807, 2.05) is 0 Å². The van der Waals surface area contributed by atoms with Gasteiger partial charge in [-0.3, -0.25) is 9.59 Å². The molecule has 2 amide bonds. The average Bonchev–Trinajstić information content (AvgIpc) is 3.82. The van der Waals surface area contributed by atoms with Crippen molar-refractivity contribution in [3.63, 3.8) is 0 Å². The third-order valence-corrected chi connectivity index (χ3v) is 16.4. The Morgan fingerprint density at radius 1 is 0.789 bits per heavy atom. The number of esters is 1. The average molecular weight is 796 g/mol. The number of nitrogens with one attached hydrogen (secondary N) is 3. The van der Waals surface area contributed by atoms with Gasteiger partial charge in [-0.25, -0.2) is 4.79 Å². The number of ether oxygens (including phenoxy) is 2. The van der Waals surface area contributed by atoms with Crippen LogP contribution in [0.25, 0.3) is 0 Å². The number of methoxy groups -OCH3 is 1. The van der Waals surface area contributed by atoms with E-state index in [1.54, 1.807) is 0 Å². The van der Waals surface area contributed by atoms with Gasteiger partial charge in [-0.05, 0) is 149 Å². The summed E-state index contributed by atoms with van der Waals surface area (Å²) in [6, 6.07) is -0.327. The maximum absolute atomic E-state index is 12.9. The number of carbonyl (C=O) groups is 3. The number of alkyl carbamates (subject to hydrolysis) is 1. The molecule has 4 aliphatic carbocycles. The van der Waals surface area contributed by atoms with E-state index in [9.17, 15) is 14.4 Å². The maximum atomic E-state index is 12.9. The van der Waals surface area contributed by atoms with Crippen molar-refractivity contribution in [3.05, 3.63) is 12.2 Å². The van der Waals surface area contributed by atoms with Gasteiger partial charge in [-0.1, -0.05) is 97.6 Å². The van der Waals surface area contributed by atoms with Crippen molar-refractivity contribution in [3.8, 4) is 0 Å². The van der Waals surface area contributed by atoms with E-state index in [4.69, 9.17) is 9.47 Å². The SMILES string of the molecule is CCCCCCCC/C=C\CCCCCCCCNC(=O)O[C@@H]1CC[C@@]2(C)C(CCC3C2CC[C@@]2(C)C3CC[C@@H]2[C@H](C)CCC(=O)N[C@@H]2CN[C@H](C(=O)OC)C2)C1. The van der Waals surface area contributed by atoms with Crippen molar-refractivity contribution in [2.75, 3.05) is 20.2 Å². The monoisotopic (exact) mass is 796 g/mol. The predicted octanol–water partition coefficient (Wildman–Crippen LogP) is 11.2. The second-order valence-corrected chi connectivity index (χ2v) is 20.1. The Hall–Kier alpha value is -2.09. The molecule has 1 saturated heterocycles. The Labute approximate surface area is 348 Å². The van der Waals surface area contributed by atoms with Crippen molar-refractivity contribution >= 4 is 18.0 Å². The zero-order valence-electron chi connectivity index (χ0n) is 37.2. The number of amides is 2. The number of fused-ring (bicyclic) bond motifs is 5. The molecule has 8 heteroatoms. The summed E-state index contributed by atoms with van der Waals surface area (Å²) in [7, 11) is 1.41. The lowest BCUT2D eigenvalue weighted by atomic mass is 9.44. The molecule has 1 heterocycles. The van der Waals surface area contributed by atoms with Crippen LogP contribution >= 0.6 is 0 Å². The zero-order valence-corrected chi connectivity index (χ0v) is 37.2. The summed E-state index contributed by atoms with van der Waals surface area (Å²) in [6.45, 7) is 11.2. The van der Waals surface area contributed by atoms with Crippen LogP contribution in [0.2, 0.25) is 0 Å². The largest absolute Gasteiger partial charge is 0.468 e. The summed E-state index contributed by atoms with van der Waals surface area (Å²) >= 11 is 0. The van der Waals surface area contributed by atoms with Crippen LogP contribution in [0.4, 0.5) is 4.79 Å². The molecule has 11 atom stereocenters. The molecule has 4 saturated carbocycles. The summed E-state index contributed by atoms with van der Waals surface area (Å²) in [4.78, 5) is 37.6. The third kappa shape index (κ3) is 12.7. The number of rotatable bonds is 23. The van der Waals surface area contributed by atoms with Crippen molar-refractivity contribution in [2.45, 2.75) is 213 Å². The molecule has 326 valence electrons. The molecule has 8 nitrogen and oxygen atoms in total. The van der Waals surface area contributed by atoms with Crippen molar-refractivity contribution in [1.82, 2.24) is 16.0 Å². The summed E-state index contributed by atoms with van der Waals surface area (Å²) in [6.07, 6.45) is 35.9. The fourth-order valence-electron chi connectivity index (χ4n) is 13.1. The lowest BCUT2D eigenvalue weighted by Gasteiger charge is -2.61. The number of unbranched alkanes of at least 4 members (excludes halogenated alkanes) is 12. The molecule has 0 aromatic heterocycles. The first kappa shape index (κ1) is 46.0. The molecule has 4 unspecified atom stereocenters. The van der Waals surface area contributed by atoms with E-state index in [-0.39, 0.29) is 36.2 Å². The number of hydrogen-bond acceptors (Lipinski definition) is 6. The second kappa shape index (κ2) is 23.1. The molecule has 5 fully saturated rings. The Balaban J connectivity index is 0.935. The van der Waals surface area contributed by atoms with E-state index in [0.29, 0.717) is 48.0 Å². The minimum absolute atomic E-state index is 0.00663. The second-order valence-electron chi connectivity index (χ2n) is 20.1. The van der Waals surface area contributed by atoms with E-state index < -0.39 is 0 Å². The van der Waals surface area contributed by atoms with Crippen molar-refractivity contribution in [1.29, 1.82) is 0 Å². The Kier molecular flexibility index (Phi) is 18.6. The highest BCUT2D eigenvalue weighted by Crippen LogP contribution is 2.68. The summed E-state index contributed by atoms with van der Waals surface area (Å²) < 4.78 is 10.9. The van der Waals surface area contributed by atoms with Crippen LogP contribution in [0.3, 0.4) is 0 Å². The predicted molar refractivity (Wildman–Crippen MR) is 232 cm³/mol. The van der Waals surface area contributed by atoms with Gasteiger partial charge < -0.3 is 25.4 Å². The highest BCUT2D eigenvalue weighted by molar-refractivity contribution is 5.78. The normalized spacial score (nSPS) is 33.9. The first-order chi connectivity index (χ1) is 27.6. The van der Waals surface area contributed by atoms with Gasteiger partial charge in [0.1, 0.15) is 12.1 Å². The van der Waals surface area contributed by atoms with Crippen molar-refractivity contribution in [2.24, 2.45) is 46.3 Å². The number of hydrogen-bond donors (Lipinski definition) is 3. The minimum Gasteiger partial charge on any atom is -0.468 e. The van der Waals surface area contributed by atoms with Gasteiger partial charge >= 0.3 is 12.1 Å². The van der Waals surface area contributed by atoms with E-state index in [1.165, 1.54) is 136 Å². The van der Waals surface area contributed by atoms with Gasteiger partial charge in [-0.15, -0.1) is 0 Å². The van der Waals surface area contributed by atoms with Crippen LogP contribution < -0.4 is 16.0 Å². The lowest BCUT2D eigenvalue weighted by Crippen LogP contribution is -2.54. The molecule has 57 heavy (non-hydrogen) atoms. The summed E-state index contributed by atoms with van der Waals surface area (Å²) in [5.41, 5.74) is 0.722. The molecule has 0 bridgehead atoms. The number of carbonyl (C=O) groups excluding carboxylic acids is 3. The molecule has 0 spiro atoms. The lowest BCUT2D eigenvalue weighted by molar-refractivity contribution is -0.142. The Morgan fingerprint density at radius 2 is 1.46 bits per heavy atom. The minimum atomic E-state index is -0.320. The van der Waals surface area contributed by atoms with Crippen LogP contribution in [-0.2, 0) is 19.1 Å². The van der Waals surface area contributed by atoms with E-state index in [2.05, 4.69) is 55.8 Å². The van der Waals surface area contributed by atoms with Gasteiger partial charge in [0, 0.05) is 25.6 Å². The smallest absolute Gasteiger partial charge is 0.407 e. The highest BCUT2D eigenvalue weighted by atomic mass is 16.6. The molecular weight excluding hydrogens is 711 g/mol. The third-order valence-electron chi connectivity index (χ3n) is 16.4. The molecule has 5 aliphatic rings. The van der Waals surface area contributed by atoms with Gasteiger partial charge in [0.15, 0.2) is 0 Å². The maximum Gasteiger partial charge on any atom is 0.407 e. The van der Waals surface area contributed by atoms with Gasteiger partial charge in [0.2, 0.25) is 5.91 Å². The zero-order chi connectivity index (χ0) is 40.7. The molecule has 0 aromatic carbocycles. The van der Waals surface area contributed by atoms with Crippen LogP contribution in [0.15, 0.2) is 12.2 Å². The topological polar surface area (TPSA) is 106 Å².